The number of hydrogen-bond donors (Lipinski definition) is 1. The number of nitrogens with zero attached hydrogens (tertiary/aromatic N) is 2. The minimum atomic E-state index is -4.15. The van der Waals surface area contributed by atoms with E-state index in [1.165, 1.54) is 17.0 Å². The normalized spacial score (nSPS) is 11.8. The highest BCUT2D eigenvalue weighted by atomic mass is 32.2. The predicted octanol–water partition coefficient (Wildman–Crippen LogP) is 4.93. The molecule has 0 spiro atoms. The average molecular weight is 596 g/mol. The summed E-state index contributed by atoms with van der Waals surface area (Å²) in [4.78, 5) is 28.9. The molecule has 0 saturated heterocycles. The maximum atomic E-state index is 14.1. The molecular weight excluding hydrogens is 554 g/mol. The van der Waals surface area contributed by atoms with Crippen LogP contribution in [0.1, 0.15) is 44.7 Å². The molecule has 3 aromatic carbocycles. The highest BCUT2D eigenvalue weighted by Crippen LogP contribution is 2.27. The van der Waals surface area contributed by atoms with E-state index in [0.29, 0.717) is 36.8 Å². The first-order valence-corrected chi connectivity index (χ1v) is 15.6. The Morgan fingerprint density at radius 1 is 0.929 bits per heavy atom. The Hall–Kier alpha value is -4.05. The molecule has 0 fully saturated rings. The lowest BCUT2D eigenvalue weighted by atomic mass is 10.1. The summed E-state index contributed by atoms with van der Waals surface area (Å²) in [6.07, 6.45) is 1.09. The Balaban J connectivity index is 2.06. The molecule has 0 heterocycles. The summed E-state index contributed by atoms with van der Waals surface area (Å²) in [5.74, 6) is 0.394. The van der Waals surface area contributed by atoms with E-state index in [2.05, 4.69) is 5.32 Å². The van der Waals surface area contributed by atoms with Crippen molar-refractivity contribution in [1.29, 1.82) is 0 Å². The van der Waals surface area contributed by atoms with Crippen molar-refractivity contribution < 1.29 is 27.5 Å². The lowest BCUT2D eigenvalue weighted by Crippen LogP contribution is -2.52. The minimum Gasteiger partial charge on any atom is -0.497 e. The van der Waals surface area contributed by atoms with Gasteiger partial charge in [0.15, 0.2) is 0 Å². The van der Waals surface area contributed by atoms with Gasteiger partial charge in [-0.25, -0.2) is 8.42 Å². The van der Waals surface area contributed by atoms with Crippen LogP contribution in [-0.4, -0.2) is 58.0 Å². The van der Waals surface area contributed by atoms with Crippen molar-refractivity contribution in [1.82, 2.24) is 10.2 Å². The number of hydrogen-bond acceptors (Lipinski definition) is 6. The molecule has 3 aromatic rings. The van der Waals surface area contributed by atoms with Gasteiger partial charge in [0.05, 0.1) is 24.3 Å². The van der Waals surface area contributed by atoms with Gasteiger partial charge in [0.1, 0.15) is 24.1 Å². The zero-order chi connectivity index (χ0) is 30.7. The number of methoxy groups -OCH3 is 1. The smallest absolute Gasteiger partial charge is 0.264 e. The van der Waals surface area contributed by atoms with Gasteiger partial charge in [-0.05, 0) is 80.8 Å². The van der Waals surface area contributed by atoms with Gasteiger partial charge in [0.25, 0.3) is 10.0 Å². The van der Waals surface area contributed by atoms with Crippen LogP contribution >= 0.6 is 0 Å². The van der Waals surface area contributed by atoms with Crippen molar-refractivity contribution >= 4 is 27.5 Å². The van der Waals surface area contributed by atoms with E-state index < -0.39 is 28.5 Å². The zero-order valence-corrected chi connectivity index (χ0v) is 25.8. The van der Waals surface area contributed by atoms with Crippen LogP contribution in [0.25, 0.3) is 0 Å². The van der Waals surface area contributed by atoms with Crippen LogP contribution in [0, 0.1) is 6.92 Å². The van der Waals surface area contributed by atoms with Crippen molar-refractivity contribution in [3.8, 4) is 11.5 Å². The number of anilines is 1. The van der Waals surface area contributed by atoms with Crippen LogP contribution in [0.3, 0.4) is 0 Å². The molecule has 0 unspecified atom stereocenters. The molecule has 10 heteroatoms. The van der Waals surface area contributed by atoms with Gasteiger partial charge < -0.3 is 19.7 Å². The van der Waals surface area contributed by atoms with E-state index in [4.69, 9.17) is 9.47 Å². The first-order chi connectivity index (χ1) is 20.1. The van der Waals surface area contributed by atoms with Crippen LogP contribution < -0.4 is 19.1 Å². The third-order valence-corrected chi connectivity index (χ3v) is 8.53. The van der Waals surface area contributed by atoms with Crippen molar-refractivity contribution in [3.63, 3.8) is 0 Å². The fraction of sp³-hybridized carbons (Fsp3) is 0.375. The molecule has 0 bridgehead atoms. The maximum Gasteiger partial charge on any atom is 0.264 e. The van der Waals surface area contributed by atoms with Crippen LogP contribution in [-0.2, 0) is 26.2 Å². The summed E-state index contributed by atoms with van der Waals surface area (Å²) in [7, 11) is -2.60. The summed E-state index contributed by atoms with van der Waals surface area (Å²) < 4.78 is 40.0. The first kappa shape index (κ1) is 32.5. The number of benzene rings is 3. The maximum absolute atomic E-state index is 14.1. The monoisotopic (exact) mass is 595 g/mol. The second-order valence-electron chi connectivity index (χ2n) is 9.84. The molecule has 2 amide bonds. The molecule has 0 aliphatic heterocycles. The van der Waals surface area contributed by atoms with Gasteiger partial charge in [-0.15, -0.1) is 0 Å². The van der Waals surface area contributed by atoms with E-state index in [-0.39, 0.29) is 17.3 Å². The third-order valence-electron chi connectivity index (χ3n) is 6.75. The van der Waals surface area contributed by atoms with Gasteiger partial charge in [-0.2, -0.15) is 0 Å². The predicted molar refractivity (Wildman–Crippen MR) is 164 cm³/mol. The lowest BCUT2D eigenvalue weighted by Gasteiger charge is -2.33. The molecule has 0 saturated carbocycles. The van der Waals surface area contributed by atoms with Gasteiger partial charge in [0.2, 0.25) is 11.8 Å². The molecule has 0 aliphatic carbocycles. The van der Waals surface area contributed by atoms with Crippen LogP contribution in [0.5, 0.6) is 11.5 Å². The van der Waals surface area contributed by atoms with Crippen LogP contribution in [0.15, 0.2) is 77.7 Å². The highest BCUT2D eigenvalue weighted by molar-refractivity contribution is 7.92. The summed E-state index contributed by atoms with van der Waals surface area (Å²) in [6.45, 7) is 8.02. The number of carbonyl (C=O) groups is 2. The zero-order valence-electron chi connectivity index (χ0n) is 25.0. The molecule has 0 aliphatic rings. The number of rotatable bonds is 15. The number of amides is 2. The molecule has 3 rings (SSSR count). The van der Waals surface area contributed by atoms with E-state index in [0.717, 1.165) is 21.9 Å². The van der Waals surface area contributed by atoms with Crippen LogP contribution in [0.4, 0.5) is 5.69 Å². The number of aryl methyl sites for hydroxylation is 1. The Labute approximate surface area is 249 Å². The summed E-state index contributed by atoms with van der Waals surface area (Å²) in [6, 6.07) is 19.5. The Morgan fingerprint density at radius 2 is 1.62 bits per heavy atom. The van der Waals surface area contributed by atoms with Gasteiger partial charge in [-0.3, -0.25) is 13.9 Å². The van der Waals surface area contributed by atoms with Crippen molar-refractivity contribution in [2.45, 2.75) is 58.0 Å². The van der Waals surface area contributed by atoms with E-state index >= 15 is 0 Å². The Kier molecular flexibility index (Phi) is 11.8. The number of nitrogens with one attached hydrogen (secondary N) is 1. The van der Waals surface area contributed by atoms with Gasteiger partial charge >= 0.3 is 0 Å². The molecule has 9 nitrogen and oxygen atoms in total. The molecule has 1 atom stereocenters. The molecule has 1 N–H and O–H groups in total. The summed E-state index contributed by atoms with van der Waals surface area (Å²) in [5, 5.41) is 2.89. The lowest BCUT2D eigenvalue weighted by molar-refractivity contribution is -0.140. The standard InChI is InChI=1S/C32H41N3O6S/c1-6-20-33-32(37)30(7-2)34(22-25-10-9-11-28(21-25)40-5)31(36)23-35(26-14-16-27(17-15-26)41-8-3)42(38,39)29-18-12-24(4)13-19-29/h9-19,21,30H,6-8,20,22-23H2,1-5H3,(H,33,37)/t30-/m0/s1. The van der Waals surface area contributed by atoms with Crippen LogP contribution in [0.2, 0.25) is 0 Å². The first-order valence-electron chi connectivity index (χ1n) is 14.2. The van der Waals surface area contributed by atoms with Gasteiger partial charge in [0, 0.05) is 13.1 Å². The third kappa shape index (κ3) is 8.25. The molecule has 0 radical (unpaired) electrons. The van der Waals surface area contributed by atoms with E-state index in [1.54, 1.807) is 55.6 Å². The fourth-order valence-electron chi connectivity index (χ4n) is 4.49. The second-order valence-corrected chi connectivity index (χ2v) is 11.7. The molecule has 0 aromatic heterocycles. The second kappa shape index (κ2) is 15.3. The largest absolute Gasteiger partial charge is 0.497 e. The summed E-state index contributed by atoms with van der Waals surface area (Å²) >= 11 is 0. The van der Waals surface area contributed by atoms with Crippen molar-refractivity contribution in [2.24, 2.45) is 0 Å². The van der Waals surface area contributed by atoms with E-state index in [9.17, 15) is 18.0 Å². The average Bonchev–Trinajstić information content (AvgIpc) is 2.99. The highest BCUT2D eigenvalue weighted by Gasteiger charge is 2.33. The fourth-order valence-corrected chi connectivity index (χ4v) is 5.91. The minimum absolute atomic E-state index is 0.0573. The van der Waals surface area contributed by atoms with Crippen molar-refractivity contribution in [2.75, 3.05) is 31.1 Å². The molecule has 42 heavy (non-hydrogen) atoms. The number of sulfonamides is 1. The topological polar surface area (TPSA) is 105 Å². The Morgan fingerprint density at radius 3 is 2.21 bits per heavy atom. The quantitative estimate of drug-likeness (QED) is 0.267. The number of carbonyl (C=O) groups excluding carboxylic acids is 2. The summed E-state index contributed by atoms with van der Waals surface area (Å²) in [5.41, 5.74) is 1.96. The van der Waals surface area contributed by atoms with Gasteiger partial charge in [-0.1, -0.05) is 43.7 Å². The SMILES string of the molecule is CCCNC(=O)[C@H](CC)N(Cc1cccc(OC)c1)C(=O)CN(c1ccc(OCC)cc1)S(=O)(=O)c1ccc(C)cc1. The molecule has 226 valence electrons. The number of ether oxygens (including phenoxy) is 2. The van der Waals surface area contributed by atoms with Crippen molar-refractivity contribution in [3.05, 3.63) is 83.9 Å². The Bertz CT molecular complexity index is 1430. The van der Waals surface area contributed by atoms with E-state index in [1.807, 2.05) is 39.8 Å². The molecular formula is C32H41N3O6S.